The fourth-order valence-electron chi connectivity index (χ4n) is 2.60. The van der Waals surface area contributed by atoms with Crippen LogP contribution in [0.15, 0.2) is 73.1 Å². The minimum atomic E-state index is 0.653. The standard InChI is InChI=1S/C20H15N5/c21-13-14-5-7-16(8-6-14)23-20-17-3-1-2-4-18(17)24-19(25-20)15-9-11-22-12-10-15/h1-13,21H,(H,23,24,25). The van der Waals surface area contributed by atoms with E-state index in [1.165, 1.54) is 6.21 Å². The number of pyridine rings is 1. The molecule has 0 amide bonds. The first kappa shape index (κ1) is 15.0. The van der Waals surface area contributed by atoms with Crippen molar-refractivity contribution in [2.24, 2.45) is 0 Å². The van der Waals surface area contributed by atoms with E-state index < -0.39 is 0 Å². The molecule has 0 atom stereocenters. The Morgan fingerprint density at radius 1 is 0.840 bits per heavy atom. The van der Waals surface area contributed by atoms with E-state index in [9.17, 15) is 0 Å². The van der Waals surface area contributed by atoms with Crippen LogP contribution in [0, 0.1) is 5.41 Å². The molecule has 0 fully saturated rings. The van der Waals surface area contributed by atoms with E-state index in [-0.39, 0.29) is 0 Å². The molecule has 2 N–H and O–H groups in total. The van der Waals surface area contributed by atoms with E-state index in [1.54, 1.807) is 12.4 Å². The highest BCUT2D eigenvalue weighted by Crippen LogP contribution is 2.27. The van der Waals surface area contributed by atoms with Crippen molar-refractivity contribution in [2.45, 2.75) is 0 Å². The Morgan fingerprint density at radius 2 is 1.60 bits per heavy atom. The molecule has 0 bridgehead atoms. The highest BCUT2D eigenvalue weighted by Gasteiger charge is 2.09. The molecule has 2 aromatic heterocycles. The summed E-state index contributed by atoms with van der Waals surface area (Å²) in [5, 5.41) is 11.6. The van der Waals surface area contributed by atoms with Crippen LogP contribution in [0.3, 0.4) is 0 Å². The first-order valence-corrected chi connectivity index (χ1v) is 7.88. The summed E-state index contributed by atoms with van der Waals surface area (Å²) in [6, 6.07) is 19.4. The number of nitrogens with one attached hydrogen (secondary N) is 2. The molecule has 0 spiro atoms. The maximum absolute atomic E-state index is 7.30. The third-order valence-electron chi connectivity index (χ3n) is 3.88. The third-order valence-corrected chi connectivity index (χ3v) is 3.88. The van der Waals surface area contributed by atoms with Crippen molar-refractivity contribution in [3.63, 3.8) is 0 Å². The van der Waals surface area contributed by atoms with Gasteiger partial charge in [0.2, 0.25) is 0 Å². The highest BCUT2D eigenvalue weighted by atomic mass is 15.0. The van der Waals surface area contributed by atoms with Gasteiger partial charge in [0.15, 0.2) is 5.82 Å². The number of aromatic nitrogens is 3. The number of fused-ring (bicyclic) bond motifs is 1. The molecule has 0 saturated carbocycles. The quantitative estimate of drug-likeness (QED) is 0.544. The van der Waals surface area contributed by atoms with Gasteiger partial charge < -0.3 is 10.7 Å². The Labute approximate surface area is 144 Å². The van der Waals surface area contributed by atoms with Gasteiger partial charge in [0, 0.05) is 35.2 Å². The van der Waals surface area contributed by atoms with Gasteiger partial charge >= 0.3 is 0 Å². The summed E-state index contributed by atoms with van der Waals surface area (Å²) in [6.07, 6.45) is 4.79. The summed E-state index contributed by atoms with van der Waals surface area (Å²) in [4.78, 5) is 13.4. The minimum absolute atomic E-state index is 0.653. The minimum Gasteiger partial charge on any atom is -0.340 e. The second-order valence-corrected chi connectivity index (χ2v) is 5.54. The van der Waals surface area contributed by atoms with Crippen LogP contribution in [0.5, 0.6) is 0 Å². The van der Waals surface area contributed by atoms with Gasteiger partial charge in [-0.05, 0) is 42.0 Å². The topological polar surface area (TPSA) is 74.6 Å². The van der Waals surface area contributed by atoms with Crippen LogP contribution < -0.4 is 5.32 Å². The molecule has 0 radical (unpaired) electrons. The van der Waals surface area contributed by atoms with Crippen molar-refractivity contribution < 1.29 is 0 Å². The van der Waals surface area contributed by atoms with Crippen molar-refractivity contribution >= 4 is 28.6 Å². The molecule has 0 saturated heterocycles. The van der Waals surface area contributed by atoms with E-state index in [0.717, 1.165) is 33.5 Å². The Balaban J connectivity index is 1.81. The van der Waals surface area contributed by atoms with Crippen LogP contribution >= 0.6 is 0 Å². The van der Waals surface area contributed by atoms with Gasteiger partial charge in [-0.1, -0.05) is 24.3 Å². The molecule has 4 rings (SSSR count). The second kappa shape index (κ2) is 6.49. The number of hydrogen-bond donors (Lipinski definition) is 2. The normalized spacial score (nSPS) is 10.6. The number of nitrogens with zero attached hydrogens (tertiary/aromatic N) is 3. The van der Waals surface area contributed by atoms with Crippen LogP contribution in [-0.4, -0.2) is 21.2 Å². The van der Waals surface area contributed by atoms with Crippen LogP contribution in [0.2, 0.25) is 0 Å². The first-order valence-electron chi connectivity index (χ1n) is 7.88. The van der Waals surface area contributed by atoms with Gasteiger partial charge in [-0.3, -0.25) is 4.98 Å². The summed E-state index contributed by atoms with van der Waals surface area (Å²) in [7, 11) is 0. The fraction of sp³-hybridized carbons (Fsp3) is 0. The molecule has 4 aromatic rings. The molecular weight excluding hydrogens is 310 g/mol. The van der Waals surface area contributed by atoms with E-state index in [0.29, 0.717) is 5.82 Å². The molecular formula is C20H15N5. The summed E-state index contributed by atoms with van der Waals surface area (Å²) >= 11 is 0. The summed E-state index contributed by atoms with van der Waals surface area (Å²) in [5.41, 5.74) is 3.57. The predicted molar refractivity (Wildman–Crippen MR) is 100 cm³/mol. The van der Waals surface area contributed by atoms with Crippen LogP contribution in [0.4, 0.5) is 11.5 Å². The average Bonchev–Trinajstić information content (AvgIpc) is 2.69. The highest BCUT2D eigenvalue weighted by molar-refractivity contribution is 5.92. The fourth-order valence-corrected chi connectivity index (χ4v) is 2.60. The number of rotatable bonds is 4. The molecule has 0 aliphatic rings. The van der Waals surface area contributed by atoms with Crippen molar-refractivity contribution in [1.82, 2.24) is 15.0 Å². The lowest BCUT2D eigenvalue weighted by atomic mass is 10.2. The maximum Gasteiger partial charge on any atom is 0.162 e. The smallest absolute Gasteiger partial charge is 0.162 e. The van der Waals surface area contributed by atoms with Crippen LogP contribution in [-0.2, 0) is 0 Å². The zero-order valence-electron chi connectivity index (χ0n) is 13.3. The molecule has 120 valence electrons. The second-order valence-electron chi connectivity index (χ2n) is 5.54. The van der Waals surface area contributed by atoms with E-state index in [4.69, 9.17) is 10.4 Å². The molecule has 0 unspecified atom stereocenters. The SMILES string of the molecule is N=Cc1ccc(Nc2nc(-c3ccncc3)nc3ccccc23)cc1. The third kappa shape index (κ3) is 3.07. The Bertz CT molecular complexity index is 1030. The average molecular weight is 325 g/mol. The van der Waals surface area contributed by atoms with Gasteiger partial charge in [0.05, 0.1) is 5.52 Å². The molecule has 0 aliphatic carbocycles. The summed E-state index contributed by atoms with van der Waals surface area (Å²) in [6.45, 7) is 0. The predicted octanol–water partition coefficient (Wildman–Crippen LogP) is 4.43. The molecule has 2 heterocycles. The maximum atomic E-state index is 7.30. The van der Waals surface area contributed by atoms with Gasteiger partial charge in [-0.2, -0.15) is 0 Å². The Kier molecular flexibility index (Phi) is 3.88. The van der Waals surface area contributed by atoms with Crippen molar-refractivity contribution in [3.05, 3.63) is 78.6 Å². The molecule has 2 aromatic carbocycles. The molecule has 0 aliphatic heterocycles. The van der Waals surface area contributed by atoms with Gasteiger partial charge in [0.25, 0.3) is 0 Å². The number of para-hydroxylation sites is 1. The Hall–Kier alpha value is -3.60. The lowest BCUT2D eigenvalue weighted by molar-refractivity contribution is 1.21. The van der Waals surface area contributed by atoms with Gasteiger partial charge in [-0.25, -0.2) is 9.97 Å². The lowest BCUT2D eigenvalue weighted by Gasteiger charge is -2.11. The van der Waals surface area contributed by atoms with Crippen molar-refractivity contribution in [2.75, 3.05) is 5.32 Å². The van der Waals surface area contributed by atoms with Gasteiger partial charge in [-0.15, -0.1) is 0 Å². The Morgan fingerprint density at radius 3 is 2.36 bits per heavy atom. The van der Waals surface area contributed by atoms with Crippen LogP contribution in [0.25, 0.3) is 22.3 Å². The molecule has 25 heavy (non-hydrogen) atoms. The van der Waals surface area contributed by atoms with E-state index >= 15 is 0 Å². The zero-order chi connectivity index (χ0) is 17.1. The lowest BCUT2D eigenvalue weighted by Crippen LogP contribution is -1.99. The zero-order valence-corrected chi connectivity index (χ0v) is 13.3. The van der Waals surface area contributed by atoms with Crippen molar-refractivity contribution in [3.8, 4) is 11.4 Å². The molecule has 5 nitrogen and oxygen atoms in total. The van der Waals surface area contributed by atoms with E-state index in [1.807, 2.05) is 60.7 Å². The number of benzene rings is 2. The van der Waals surface area contributed by atoms with Crippen LogP contribution in [0.1, 0.15) is 5.56 Å². The largest absolute Gasteiger partial charge is 0.340 e. The van der Waals surface area contributed by atoms with Crippen molar-refractivity contribution in [1.29, 1.82) is 5.41 Å². The van der Waals surface area contributed by atoms with Gasteiger partial charge in [0.1, 0.15) is 5.82 Å². The number of hydrogen-bond acceptors (Lipinski definition) is 5. The monoisotopic (exact) mass is 325 g/mol. The number of anilines is 2. The first-order chi connectivity index (χ1) is 12.3. The molecule has 5 heteroatoms. The van der Waals surface area contributed by atoms with E-state index in [2.05, 4.69) is 15.3 Å². The summed E-state index contributed by atoms with van der Waals surface area (Å²) in [5.74, 6) is 1.40. The summed E-state index contributed by atoms with van der Waals surface area (Å²) < 4.78 is 0.